The van der Waals surface area contributed by atoms with E-state index < -0.39 is 0 Å². The normalized spacial score (nSPS) is 15.5. The van der Waals surface area contributed by atoms with E-state index in [4.69, 9.17) is 16.3 Å². The number of anilines is 1. The van der Waals surface area contributed by atoms with E-state index in [9.17, 15) is 4.79 Å². The second kappa shape index (κ2) is 10.3. The number of thioether (sulfide) groups is 1. The molecular formula is C25H28ClN5O2S. The summed E-state index contributed by atoms with van der Waals surface area (Å²) in [5.74, 6) is 2.02. The minimum atomic E-state index is 0.111. The molecular weight excluding hydrogens is 470 g/mol. The highest BCUT2D eigenvalue weighted by Gasteiger charge is 2.33. The van der Waals surface area contributed by atoms with E-state index in [0.717, 1.165) is 61.7 Å². The minimum Gasteiger partial charge on any atom is -0.497 e. The summed E-state index contributed by atoms with van der Waals surface area (Å²) in [7, 11) is 1.66. The van der Waals surface area contributed by atoms with Gasteiger partial charge in [0.2, 0.25) is 11.9 Å². The number of carbonyl (C=O) groups excluding carboxylic acids is 1. The first-order chi connectivity index (χ1) is 16.6. The van der Waals surface area contributed by atoms with Crippen molar-refractivity contribution in [3.05, 3.63) is 59.1 Å². The van der Waals surface area contributed by atoms with E-state index in [-0.39, 0.29) is 5.91 Å². The van der Waals surface area contributed by atoms with Gasteiger partial charge in [-0.25, -0.2) is 0 Å². The van der Waals surface area contributed by atoms with Crippen molar-refractivity contribution < 1.29 is 9.53 Å². The highest BCUT2D eigenvalue weighted by atomic mass is 35.5. The molecule has 34 heavy (non-hydrogen) atoms. The van der Waals surface area contributed by atoms with Crippen LogP contribution in [0.2, 0.25) is 5.02 Å². The van der Waals surface area contributed by atoms with Crippen molar-refractivity contribution in [1.82, 2.24) is 19.7 Å². The molecule has 0 spiro atoms. The van der Waals surface area contributed by atoms with Crippen molar-refractivity contribution in [2.45, 2.75) is 43.4 Å². The monoisotopic (exact) mass is 497 g/mol. The summed E-state index contributed by atoms with van der Waals surface area (Å²) in [5.41, 5.74) is 1.94. The third kappa shape index (κ3) is 5.03. The van der Waals surface area contributed by atoms with Crippen LogP contribution < -0.4 is 9.64 Å². The zero-order valence-corrected chi connectivity index (χ0v) is 20.8. The van der Waals surface area contributed by atoms with Gasteiger partial charge in [-0.1, -0.05) is 47.6 Å². The van der Waals surface area contributed by atoms with Crippen LogP contribution in [0.4, 0.5) is 5.95 Å². The predicted molar refractivity (Wildman–Crippen MR) is 135 cm³/mol. The van der Waals surface area contributed by atoms with E-state index in [2.05, 4.69) is 15.1 Å². The summed E-state index contributed by atoms with van der Waals surface area (Å²) in [6.07, 6.45) is 4.39. The quantitative estimate of drug-likeness (QED) is 0.395. The van der Waals surface area contributed by atoms with Crippen LogP contribution in [0.1, 0.15) is 31.2 Å². The number of hydrogen-bond donors (Lipinski definition) is 0. The van der Waals surface area contributed by atoms with Gasteiger partial charge in [-0.05, 0) is 55.5 Å². The van der Waals surface area contributed by atoms with E-state index in [1.807, 2.05) is 58.0 Å². The van der Waals surface area contributed by atoms with Gasteiger partial charge in [0.15, 0.2) is 5.16 Å². The molecule has 2 heterocycles. The molecule has 2 fully saturated rings. The number of benzene rings is 2. The van der Waals surface area contributed by atoms with Gasteiger partial charge in [0.25, 0.3) is 0 Å². The molecule has 0 radical (unpaired) electrons. The minimum absolute atomic E-state index is 0.111. The standard InChI is InChI=1S/C25H28ClN5O2S/c1-33-20-12-8-18(9-13-20)16-30(19-10-11-19)23(32)17-34-25-28-27-24(29-14-4-5-15-29)31(25)22-7-3-2-6-21(22)26/h2-3,6-9,12-13,19H,4-5,10-11,14-17H2,1H3. The van der Waals surface area contributed by atoms with Crippen LogP contribution in [0.15, 0.2) is 53.7 Å². The lowest BCUT2D eigenvalue weighted by Crippen LogP contribution is -2.34. The van der Waals surface area contributed by atoms with Gasteiger partial charge in [-0.3, -0.25) is 9.36 Å². The Bertz CT molecular complexity index is 1140. The molecule has 1 aliphatic carbocycles. The molecule has 1 amide bonds. The van der Waals surface area contributed by atoms with Crippen molar-refractivity contribution in [2.75, 3.05) is 30.9 Å². The summed E-state index contributed by atoms with van der Waals surface area (Å²) in [6.45, 7) is 2.50. The van der Waals surface area contributed by atoms with Crippen LogP contribution in [-0.2, 0) is 11.3 Å². The SMILES string of the molecule is COc1ccc(CN(C(=O)CSc2nnc(N3CCCC3)n2-c2ccccc2Cl)C2CC2)cc1. The number of amides is 1. The fourth-order valence-corrected chi connectivity index (χ4v) is 5.31. The maximum Gasteiger partial charge on any atom is 0.233 e. The fourth-order valence-electron chi connectivity index (χ4n) is 4.27. The number of para-hydroxylation sites is 1. The molecule has 0 N–H and O–H groups in total. The Kier molecular flexibility index (Phi) is 6.97. The first-order valence-electron chi connectivity index (χ1n) is 11.6. The van der Waals surface area contributed by atoms with Gasteiger partial charge in [0.1, 0.15) is 5.75 Å². The second-order valence-corrected chi connectivity index (χ2v) is 10.0. The van der Waals surface area contributed by atoms with E-state index in [1.54, 1.807) is 7.11 Å². The number of ether oxygens (including phenoxy) is 1. The summed E-state index contributed by atoms with van der Waals surface area (Å²) in [6, 6.07) is 15.9. The van der Waals surface area contributed by atoms with Crippen molar-refractivity contribution in [3.8, 4) is 11.4 Å². The largest absolute Gasteiger partial charge is 0.497 e. The van der Waals surface area contributed by atoms with Crippen LogP contribution in [0, 0.1) is 0 Å². The molecule has 2 aliphatic rings. The number of hydrogen-bond acceptors (Lipinski definition) is 6. The molecule has 0 atom stereocenters. The van der Waals surface area contributed by atoms with Crippen molar-refractivity contribution in [3.63, 3.8) is 0 Å². The third-order valence-electron chi connectivity index (χ3n) is 6.24. The van der Waals surface area contributed by atoms with Gasteiger partial charge in [0, 0.05) is 25.7 Å². The molecule has 2 aromatic carbocycles. The highest BCUT2D eigenvalue weighted by molar-refractivity contribution is 7.99. The molecule has 1 aromatic heterocycles. The summed E-state index contributed by atoms with van der Waals surface area (Å²) in [5, 5.41) is 10.3. The first kappa shape index (κ1) is 23.1. The third-order valence-corrected chi connectivity index (χ3v) is 7.48. The molecule has 3 aromatic rings. The zero-order valence-electron chi connectivity index (χ0n) is 19.2. The molecule has 1 saturated carbocycles. The van der Waals surface area contributed by atoms with Gasteiger partial charge in [-0.15, -0.1) is 10.2 Å². The van der Waals surface area contributed by atoms with Crippen molar-refractivity contribution >= 4 is 35.2 Å². The Morgan fingerprint density at radius 3 is 2.53 bits per heavy atom. The number of carbonyl (C=O) groups is 1. The maximum absolute atomic E-state index is 13.3. The van der Waals surface area contributed by atoms with Crippen LogP contribution in [-0.4, -0.2) is 57.6 Å². The van der Waals surface area contributed by atoms with Crippen LogP contribution in [0.5, 0.6) is 5.75 Å². The Morgan fingerprint density at radius 1 is 1.12 bits per heavy atom. The lowest BCUT2D eigenvalue weighted by Gasteiger charge is -2.23. The highest BCUT2D eigenvalue weighted by Crippen LogP contribution is 2.33. The van der Waals surface area contributed by atoms with Crippen molar-refractivity contribution in [2.24, 2.45) is 0 Å². The summed E-state index contributed by atoms with van der Waals surface area (Å²) >= 11 is 7.97. The number of halogens is 1. The Balaban J connectivity index is 1.34. The van der Waals surface area contributed by atoms with Gasteiger partial charge in [0.05, 0.1) is 23.6 Å². The van der Waals surface area contributed by atoms with E-state index in [1.165, 1.54) is 11.8 Å². The fraction of sp³-hybridized carbons (Fsp3) is 0.400. The topological polar surface area (TPSA) is 63.5 Å². The molecule has 0 unspecified atom stereocenters. The Hall–Kier alpha value is -2.71. The summed E-state index contributed by atoms with van der Waals surface area (Å²) < 4.78 is 7.25. The number of aromatic nitrogens is 3. The van der Waals surface area contributed by atoms with Gasteiger partial charge in [-0.2, -0.15) is 0 Å². The average Bonchev–Trinajstić information content (AvgIpc) is 3.38. The lowest BCUT2D eigenvalue weighted by molar-refractivity contribution is -0.129. The molecule has 1 aliphatic heterocycles. The molecule has 0 bridgehead atoms. The molecule has 7 nitrogen and oxygen atoms in total. The molecule has 178 valence electrons. The number of rotatable bonds is 9. The average molecular weight is 498 g/mol. The van der Waals surface area contributed by atoms with Crippen LogP contribution in [0.25, 0.3) is 5.69 Å². The van der Waals surface area contributed by atoms with Gasteiger partial charge >= 0.3 is 0 Å². The first-order valence-corrected chi connectivity index (χ1v) is 13.0. The van der Waals surface area contributed by atoms with Gasteiger partial charge < -0.3 is 14.5 Å². The summed E-state index contributed by atoms with van der Waals surface area (Å²) in [4.78, 5) is 17.5. The van der Waals surface area contributed by atoms with E-state index >= 15 is 0 Å². The number of nitrogens with zero attached hydrogens (tertiary/aromatic N) is 5. The Morgan fingerprint density at radius 2 is 1.85 bits per heavy atom. The lowest BCUT2D eigenvalue weighted by atomic mass is 10.2. The zero-order chi connectivity index (χ0) is 23.5. The van der Waals surface area contributed by atoms with Crippen LogP contribution >= 0.6 is 23.4 Å². The molecule has 1 saturated heterocycles. The maximum atomic E-state index is 13.3. The molecule has 5 rings (SSSR count). The van der Waals surface area contributed by atoms with Crippen LogP contribution in [0.3, 0.4) is 0 Å². The van der Waals surface area contributed by atoms with Crippen molar-refractivity contribution in [1.29, 1.82) is 0 Å². The molecule has 9 heteroatoms. The second-order valence-electron chi connectivity index (χ2n) is 8.65. The smallest absolute Gasteiger partial charge is 0.233 e. The predicted octanol–water partition coefficient (Wildman–Crippen LogP) is 4.81. The van der Waals surface area contributed by atoms with E-state index in [0.29, 0.717) is 28.5 Å². The number of methoxy groups -OCH3 is 1. The Labute approximate surface area is 209 Å².